The van der Waals surface area contributed by atoms with Crippen LogP contribution in [0.4, 0.5) is 0 Å². The number of aryl methyl sites for hydroxylation is 1. The van der Waals surface area contributed by atoms with Crippen LogP contribution in [0.3, 0.4) is 0 Å². The molecule has 0 bridgehead atoms. The van der Waals surface area contributed by atoms with Gasteiger partial charge >= 0.3 is 0 Å². The van der Waals surface area contributed by atoms with E-state index in [0.29, 0.717) is 0 Å². The van der Waals surface area contributed by atoms with E-state index >= 15 is 0 Å². The van der Waals surface area contributed by atoms with Crippen LogP contribution in [-0.4, -0.2) is 4.98 Å². The Kier molecular flexibility index (Phi) is 4.15. The molecule has 106 valence electrons. The van der Waals surface area contributed by atoms with E-state index in [1.807, 2.05) is 6.92 Å². The maximum Gasteiger partial charge on any atom is 0.0897 e. The molecule has 0 spiro atoms. The van der Waals surface area contributed by atoms with Gasteiger partial charge in [-0.3, -0.25) is 11.3 Å². The molecule has 1 aliphatic carbocycles. The fraction of sp³-hybridized carbons (Fsp3) is 0.438. The third-order valence-electron chi connectivity index (χ3n) is 4.17. The Balaban J connectivity index is 1.77. The van der Waals surface area contributed by atoms with Crippen LogP contribution in [0, 0.1) is 6.92 Å². The summed E-state index contributed by atoms with van der Waals surface area (Å²) >= 11 is 1.69. The van der Waals surface area contributed by atoms with E-state index in [4.69, 9.17) is 5.84 Å². The van der Waals surface area contributed by atoms with Crippen molar-refractivity contribution < 1.29 is 0 Å². The van der Waals surface area contributed by atoms with Crippen molar-refractivity contribution >= 4 is 11.3 Å². The standard InChI is InChI=1S/C16H21N3S/c1-11-18-15(10-20-11)9-16(19-17)14-7-3-6-13(8-14)12-4-2-5-12/h3,6-8,10,12,16,19H,2,4-5,9,17H2,1H3. The number of hydrazine groups is 1. The summed E-state index contributed by atoms with van der Waals surface area (Å²) in [5.41, 5.74) is 6.79. The number of hydrogen-bond acceptors (Lipinski definition) is 4. The predicted octanol–water partition coefficient (Wildman–Crippen LogP) is 3.47. The number of nitrogens with one attached hydrogen (secondary N) is 1. The second kappa shape index (κ2) is 6.04. The molecule has 1 aromatic heterocycles. The van der Waals surface area contributed by atoms with Gasteiger partial charge in [0, 0.05) is 11.8 Å². The lowest BCUT2D eigenvalue weighted by Crippen LogP contribution is -2.29. The molecule has 3 N–H and O–H groups in total. The minimum atomic E-state index is 0.136. The molecule has 1 fully saturated rings. The topological polar surface area (TPSA) is 50.9 Å². The summed E-state index contributed by atoms with van der Waals surface area (Å²) in [6.07, 6.45) is 4.87. The Bertz CT molecular complexity index is 575. The summed E-state index contributed by atoms with van der Waals surface area (Å²) in [5, 5.41) is 3.23. The molecule has 1 saturated carbocycles. The first-order chi connectivity index (χ1) is 9.76. The van der Waals surface area contributed by atoms with Gasteiger partial charge in [-0.15, -0.1) is 11.3 Å². The minimum absolute atomic E-state index is 0.136. The van der Waals surface area contributed by atoms with E-state index in [-0.39, 0.29) is 6.04 Å². The minimum Gasteiger partial charge on any atom is -0.271 e. The molecule has 0 saturated heterocycles. The number of rotatable bonds is 5. The molecule has 20 heavy (non-hydrogen) atoms. The predicted molar refractivity (Wildman–Crippen MR) is 83.7 cm³/mol. The first-order valence-corrected chi connectivity index (χ1v) is 8.11. The zero-order valence-corrected chi connectivity index (χ0v) is 12.6. The highest BCUT2D eigenvalue weighted by Gasteiger charge is 2.20. The van der Waals surface area contributed by atoms with Gasteiger partial charge in [0.1, 0.15) is 0 Å². The molecule has 3 rings (SSSR count). The van der Waals surface area contributed by atoms with Gasteiger partial charge in [0.05, 0.1) is 16.7 Å². The molecule has 4 heteroatoms. The van der Waals surface area contributed by atoms with Crippen LogP contribution in [0.1, 0.15) is 53.1 Å². The first kappa shape index (κ1) is 13.7. The maximum absolute atomic E-state index is 5.76. The molecule has 0 radical (unpaired) electrons. The Hall–Kier alpha value is -1.23. The molecule has 1 heterocycles. The normalized spacial score (nSPS) is 16.9. The monoisotopic (exact) mass is 287 g/mol. The van der Waals surface area contributed by atoms with E-state index in [0.717, 1.165) is 23.0 Å². The van der Waals surface area contributed by atoms with Gasteiger partial charge in [-0.1, -0.05) is 30.7 Å². The van der Waals surface area contributed by atoms with Crippen molar-refractivity contribution in [3.05, 3.63) is 51.5 Å². The number of benzene rings is 1. The molecule has 1 aromatic carbocycles. The number of thiazole rings is 1. The molecule has 0 aliphatic heterocycles. The quantitative estimate of drug-likeness (QED) is 0.654. The average Bonchev–Trinajstić information content (AvgIpc) is 2.80. The van der Waals surface area contributed by atoms with Crippen molar-refractivity contribution in [3.8, 4) is 0 Å². The van der Waals surface area contributed by atoms with Crippen LogP contribution in [-0.2, 0) is 6.42 Å². The lowest BCUT2D eigenvalue weighted by Gasteiger charge is -2.27. The summed E-state index contributed by atoms with van der Waals surface area (Å²) < 4.78 is 0. The summed E-state index contributed by atoms with van der Waals surface area (Å²) in [5.74, 6) is 6.52. The largest absolute Gasteiger partial charge is 0.271 e. The van der Waals surface area contributed by atoms with Gasteiger partial charge in [0.2, 0.25) is 0 Å². The van der Waals surface area contributed by atoms with Crippen LogP contribution in [0.15, 0.2) is 29.6 Å². The highest BCUT2D eigenvalue weighted by molar-refractivity contribution is 7.09. The Morgan fingerprint density at radius 2 is 2.30 bits per heavy atom. The second-order valence-corrected chi connectivity index (χ2v) is 6.64. The Morgan fingerprint density at radius 3 is 2.90 bits per heavy atom. The summed E-state index contributed by atoms with van der Waals surface area (Å²) in [4.78, 5) is 4.53. The van der Waals surface area contributed by atoms with E-state index in [2.05, 4.69) is 40.1 Å². The third-order valence-corrected chi connectivity index (χ3v) is 4.99. The molecule has 1 atom stereocenters. The van der Waals surface area contributed by atoms with E-state index in [1.165, 1.54) is 30.4 Å². The van der Waals surface area contributed by atoms with Crippen molar-refractivity contribution in [1.29, 1.82) is 0 Å². The van der Waals surface area contributed by atoms with Gasteiger partial charge < -0.3 is 0 Å². The maximum atomic E-state index is 5.76. The third kappa shape index (κ3) is 2.92. The highest BCUT2D eigenvalue weighted by atomic mass is 32.1. The molecule has 2 aromatic rings. The molecular weight excluding hydrogens is 266 g/mol. The highest BCUT2D eigenvalue weighted by Crippen LogP contribution is 2.37. The smallest absolute Gasteiger partial charge is 0.0897 e. The second-order valence-electron chi connectivity index (χ2n) is 5.58. The summed E-state index contributed by atoms with van der Waals surface area (Å²) in [7, 11) is 0. The van der Waals surface area contributed by atoms with Crippen LogP contribution < -0.4 is 11.3 Å². The van der Waals surface area contributed by atoms with Gasteiger partial charge in [0.15, 0.2) is 0 Å². The summed E-state index contributed by atoms with van der Waals surface area (Å²) in [6, 6.07) is 9.00. The lowest BCUT2D eigenvalue weighted by molar-refractivity contribution is 0.419. The molecule has 1 unspecified atom stereocenters. The fourth-order valence-corrected chi connectivity index (χ4v) is 3.38. The van der Waals surface area contributed by atoms with Gasteiger partial charge in [-0.2, -0.15) is 0 Å². The first-order valence-electron chi connectivity index (χ1n) is 7.23. The number of nitrogens with zero attached hydrogens (tertiary/aromatic N) is 1. The van der Waals surface area contributed by atoms with Crippen molar-refractivity contribution in [2.24, 2.45) is 5.84 Å². The van der Waals surface area contributed by atoms with E-state index in [9.17, 15) is 0 Å². The van der Waals surface area contributed by atoms with Crippen LogP contribution >= 0.6 is 11.3 Å². The lowest BCUT2D eigenvalue weighted by atomic mass is 9.79. The SMILES string of the molecule is Cc1nc(CC(NN)c2cccc(C3CCC3)c2)cs1. The van der Waals surface area contributed by atoms with Crippen molar-refractivity contribution in [1.82, 2.24) is 10.4 Å². The molecule has 3 nitrogen and oxygen atoms in total. The van der Waals surface area contributed by atoms with E-state index in [1.54, 1.807) is 11.3 Å². The molecular formula is C16H21N3S. The van der Waals surface area contributed by atoms with Crippen LogP contribution in [0.25, 0.3) is 0 Å². The van der Waals surface area contributed by atoms with Crippen molar-refractivity contribution in [2.75, 3.05) is 0 Å². The van der Waals surface area contributed by atoms with Crippen LogP contribution in [0.5, 0.6) is 0 Å². The Labute approximate surface area is 124 Å². The van der Waals surface area contributed by atoms with Crippen molar-refractivity contribution in [2.45, 2.75) is 44.6 Å². The fourth-order valence-electron chi connectivity index (χ4n) is 2.76. The van der Waals surface area contributed by atoms with Gasteiger partial charge in [-0.25, -0.2) is 4.98 Å². The summed E-state index contributed by atoms with van der Waals surface area (Å²) in [6.45, 7) is 2.04. The molecule has 0 amide bonds. The van der Waals surface area contributed by atoms with Gasteiger partial charge in [-0.05, 0) is 36.8 Å². The molecule has 1 aliphatic rings. The van der Waals surface area contributed by atoms with Gasteiger partial charge in [0.25, 0.3) is 0 Å². The zero-order chi connectivity index (χ0) is 13.9. The number of hydrogen-bond donors (Lipinski definition) is 2. The van der Waals surface area contributed by atoms with Crippen molar-refractivity contribution in [3.63, 3.8) is 0 Å². The average molecular weight is 287 g/mol. The zero-order valence-electron chi connectivity index (χ0n) is 11.8. The van der Waals surface area contributed by atoms with Crippen LogP contribution in [0.2, 0.25) is 0 Å². The van der Waals surface area contributed by atoms with E-state index < -0.39 is 0 Å². The number of nitrogens with two attached hydrogens (primary N) is 1. The Morgan fingerprint density at radius 1 is 1.45 bits per heavy atom. The number of aromatic nitrogens is 1.